The third kappa shape index (κ3) is 3.99. The highest BCUT2D eigenvalue weighted by Gasteiger charge is 2.03. The Morgan fingerprint density at radius 3 is 2.61 bits per heavy atom. The summed E-state index contributed by atoms with van der Waals surface area (Å²) in [6.45, 7) is 0. The van der Waals surface area contributed by atoms with E-state index in [-0.39, 0.29) is 11.7 Å². The van der Waals surface area contributed by atoms with E-state index in [0.717, 1.165) is 10.2 Å². The number of aromatic nitrogens is 4. The number of anilines is 2. The summed E-state index contributed by atoms with van der Waals surface area (Å²) in [7, 11) is 0. The monoisotopic (exact) mass is 368 g/mol. The molecule has 2 aromatic heterocycles. The van der Waals surface area contributed by atoms with Crippen molar-refractivity contribution in [3.63, 3.8) is 0 Å². The number of rotatable bonds is 4. The van der Waals surface area contributed by atoms with Crippen LogP contribution in [0.15, 0.2) is 53.3 Å². The molecule has 23 heavy (non-hydrogen) atoms. The molecular weight excluding hydrogens is 360 g/mol. The van der Waals surface area contributed by atoms with Crippen LogP contribution in [0, 0.1) is 11.3 Å². The lowest BCUT2D eigenvalue weighted by Crippen LogP contribution is -1.97. The number of hydrogen-bond donors (Lipinski definition) is 1. The minimum atomic E-state index is 0.253. The second-order valence-corrected chi connectivity index (χ2v) is 5.27. The molecule has 112 valence electrons. The van der Waals surface area contributed by atoms with E-state index >= 15 is 0 Å². The van der Waals surface area contributed by atoms with Crippen molar-refractivity contribution in [1.82, 2.24) is 20.2 Å². The topological polar surface area (TPSA) is 96.6 Å². The number of hydrogen-bond acceptors (Lipinski definition) is 7. The molecule has 0 aliphatic heterocycles. The summed E-state index contributed by atoms with van der Waals surface area (Å²) < 4.78 is 6.36. The van der Waals surface area contributed by atoms with Crippen LogP contribution in [0.4, 0.5) is 11.5 Å². The summed E-state index contributed by atoms with van der Waals surface area (Å²) in [6.07, 6.45) is 3.22. The standard InChI is InChI=1S/C15H9BrN6O/c16-10-8-18-15(19-9-10)23-13-3-1-2-11(6-13)20-14-5-4-12(7-17)21-22-14/h1-6,8-9H,(H,20,22). The van der Waals surface area contributed by atoms with Crippen LogP contribution in [0.1, 0.15) is 5.69 Å². The maximum Gasteiger partial charge on any atom is 0.321 e. The summed E-state index contributed by atoms with van der Waals surface area (Å²) in [4.78, 5) is 8.11. The molecule has 1 aromatic carbocycles. The van der Waals surface area contributed by atoms with E-state index in [1.165, 1.54) is 0 Å². The van der Waals surface area contributed by atoms with E-state index in [4.69, 9.17) is 10.00 Å². The average Bonchev–Trinajstić information content (AvgIpc) is 2.58. The molecule has 0 aliphatic carbocycles. The van der Waals surface area contributed by atoms with Gasteiger partial charge in [0.25, 0.3) is 0 Å². The van der Waals surface area contributed by atoms with E-state index in [1.54, 1.807) is 36.7 Å². The second kappa shape index (κ2) is 6.81. The van der Waals surface area contributed by atoms with Crippen molar-refractivity contribution in [3.8, 4) is 17.8 Å². The number of nitrogens with one attached hydrogen (secondary N) is 1. The van der Waals surface area contributed by atoms with Crippen molar-refractivity contribution in [3.05, 3.63) is 59.0 Å². The molecule has 0 saturated carbocycles. The van der Waals surface area contributed by atoms with Gasteiger partial charge in [-0.25, -0.2) is 9.97 Å². The van der Waals surface area contributed by atoms with Gasteiger partial charge in [0.2, 0.25) is 0 Å². The number of nitriles is 1. The quantitative estimate of drug-likeness (QED) is 0.752. The molecule has 1 N–H and O–H groups in total. The molecule has 3 aromatic rings. The summed E-state index contributed by atoms with van der Waals surface area (Å²) >= 11 is 3.27. The lowest BCUT2D eigenvalue weighted by atomic mass is 10.3. The van der Waals surface area contributed by atoms with Gasteiger partial charge in [0.05, 0.1) is 4.47 Å². The van der Waals surface area contributed by atoms with Crippen LogP contribution in [0.3, 0.4) is 0 Å². The molecule has 2 heterocycles. The number of nitrogens with zero attached hydrogens (tertiary/aromatic N) is 5. The minimum Gasteiger partial charge on any atom is -0.424 e. The first-order chi connectivity index (χ1) is 11.2. The maximum absolute atomic E-state index is 8.71. The van der Waals surface area contributed by atoms with Crippen molar-refractivity contribution in [2.75, 3.05) is 5.32 Å². The summed E-state index contributed by atoms with van der Waals surface area (Å²) in [5.41, 5.74) is 1.03. The molecule has 0 bridgehead atoms. The highest BCUT2D eigenvalue weighted by Crippen LogP contribution is 2.23. The van der Waals surface area contributed by atoms with Crippen molar-refractivity contribution in [2.45, 2.75) is 0 Å². The largest absolute Gasteiger partial charge is 0.424 e. The molecule has 3 rings (SSSR count). The molecule has 0 radical (unpaired) electrons. The van der Waals surface area contributed by atoms with Gasteiger partial charge in [-0.15, -0.1) is 10.2 Å². The minimum absolute atomic E-state index is 0.253. The Kier molecular flexibility index (Phi) is 4.40. The smallest absolute Gasteiger partial charge is 0.321 e. The Bertz CT molecular complexity index is 845. The van der Waals surface area contributed by atoms with Crippen molar-refractivity contribution < 1.29 is 4.74 Å². The summed E-state index contributed by atoms with van der Waals surface area (Å²) in [6, 6.07) is 12.7. The van der Waals surface area contributed by atoms with Crippen LogP contribution in [0.5, 0.6) is 11.8 Å². The Morgan fingerprint density at radius 2 is 1.91 bits per heavy atom. The average molecular weight is 369 g/mol. The zero-order valence-electron chi connectivity index (χ0n) is 11.6. The van der Waals surface area contributed by atoms with Crippen LogP contribution in [-0.4, -0.2) is 20.2 Å². The fourth-order valence-corrected chi connectivity index (χ4v) is 1.91. The molecule has 8 heteroatoms. The van der Waals surface area contributed by atoms with Crippen LogP contribution in [-0.2, 0) is 0 Å². The summed E-state index contributed by atoms with van der Waals surface area (Å²) in [5, 5.41) is 19.5. The Balaban J connectivity index is 1.74. The SMILES string of the molecule is N#Cc1ccc(Nc2cccc(Oc3ncc(Br)cn3)c2)nn1. The maximum atomic E-state index is 8.71. The molecule has 0 saturated heterocycles. The normalized spacial score (nSPS) is 9.91. The van der Waals surface area contributed by atoms with Crippen molar-refractivity contribution in [1.29, 1.82) is 5.26 Å². The number of ether oxygens (including phenoxy) is 1. The zero-order chi connectivity index (χ0) is 16.1. The van der Waals surface area contributed by atoms with Crippen LogP contribution >= 0.6 is 15.9 Å². The van der Waals surface area contributed by atoms with Gasteiger partial charge >= 0.3 is 6.01 Å². The molecule has 0 fully saturated rings. The third-order valence-corrected chi connectivity index (χ3v) is 3.10. The molecule has 0 spiro atoms. The Morgan fingerprint density at radius 1 is 1.09 bits per heavy atom. The molecule has 0 unspecified atom stereocenters. The van der Waals surface area contributed by atoms with Crippen LogP contribution < -0.4 is 10.1 Å². The van der Waals surface area contributed by atoms with E-state index < -0.39 is 0 Å². The number of benzene rings is 1. The van der Waals surface area contributed by atoms with Crippen molar-refractivity contribution in [2.24, 2.45) is 0 Å². The first-order valence-electron chi connectivity index (χ1n) is 6.49. The first-order valence-corrected chi connectivity index (χ1v) is 7.28. The van der Waals surface area contributed by atoms with Gasteiger partial charge in [-0.1, -0.05) is 6.07 Å². The first kappa shape index (κ1) is 14.9. The Hall–Kier alpha value is -3.05. The fourth-order valence-electron chi connectivity index (χ4n) is 1.70. The fraction of sp³-hybridized carbons (Fsp3) is 0. The summed E-state index contributed by atoms with van der Waals surface area (Å²) in [5.74, 6) is 1.11. The van der Waals surface area contributed by atoms with E-state index in [1.807, 2.05) is 18.2 Å². The van der Waals surface area contributed by atoms with Gasteiger partial charge < -0.3 is 10.1 Å². The zero-order valence-corrected chi connectivity index (χ0v) is 13.2. The lowest BCUT2D eigenvalue weighted by molar-refractivity contribution is 0.441. The predicted molar refractivity (Wildman–Crippen MR) is 86.3 cm³/mol. The highest BCUT2D eigenvalue weighted by molar-refractivity contribution is 9.10. The predicted octanol–water partition coefficient (Wildman–Crippen LogP) is 3.44. The van der Waals surface area contributed by atoms with Crippen LogP contribution in [0.2, 0.25) is 0 Å². The van der Waals surface area contributed by atoms with Gasteiger partial charge in [-0.3, -0.25) is 0 Å². The van der Waals surface area contributed by atoms with E-state index in [0.29, 0.717) is 11.6 Å². The molecular formula is C15H9BrN6O. The molecule has 0 aliphatic rings. The highest BCUT2D eigenvalue weighted by atomic mass is 79.9. The van der Waals surface area contributed by atoms with Gasteiger partial charge in [0, 0.05) is 24.1 Å². The van der Waals surface area contributed by atoms with Crippen LogP contribution in [0.25, 0.3) is 0 Å². The molecule has 0 amide bonds. The second-order valence-electron chi connectivity index (χ2n) is 4.35. The lowest BCUT2D eigenvalue weighted by Gasteiger charge is -2.07. The van der Waals surface area contributed by atoms with E-state index in [9.17, 15) is 0 Å². The third-order valence-electron chi connectivity index (χ3n) is 2.69. The van der Waals surface area contributed by atoms with Gasteiger partial charge in [-0.2, -0.15) is 5.26 Å². The van der Waals surface area contributed by atoms with Gasteiger partial charge in [-0.05, 0) is 40.2 Å². The van der Waals surface area contributed by atoms with Gasteiger partial charge in [0.1, 0.15) is 11.8 Å². The number of halogens is 1. The molecule has 7 nitrogen and oxygen atoms in total. The van der Waals surface area contributed by atoms with Crippen molar-refractivity contribution >= 4 is 27.4 Å². The Labute approximate surface area is 140 Å². The van der Waals surface area contributed by atoms with Gasteiger partial charge in [0.15, 0.2) is 11.5 Å². The molecule has 0 atom stereocenters. The van der Waals surface area contributed by atoms with E-state index in [2.05, 4.69) is 41.4 Å².